The van der Waals surface area contributed by atoms with Crippen molar-refractivity contribution in [1.29, 1.82) is 0 Å². The maximum absolute atomic E-state index is 11.7. The minimum Gasteiger partial charge on any atom is -0.493 e. The Bertz CT molecular complexity index is 798. The van der Waals surface area contributed by atoms with Crippen molar-refractivity contribution in [3.05, 3.63) is 57.6 Å². The second kappa shape index (κ2) is 7.09. The van der Waals surface area contributed by atoms with E-state index in [1.54, 1.807) is 36.4 Å². The van der Waals surface area contributed by atoms with Crippen LogP contribution < -0.4 is 18.9 Å². The number of para-hydroxylation sites is 1. The number of nitrogens with zero attached hydrogens (tertiary/aromatic N) is 1. The minimum atomic E-state index is -1.38. The minimum absolute atomic E-state index is 0.348. The molecule has 1 heterocycles. The zero-order valence-corrected chi connectivity index (χ0v) is 14.5. The van der Waals surface area contributed by atoms with Gasteiger partial charge < -0.3 is 24.1 Å². The van der Waals surface area contributed by atoms with Gasteiger partial charge in [0, 0.05) is 16.1 Å². The molecule has 0 saturated carbocycles. The van der Waals surface area contributed by atoms with E-state index in [9.17, 15) is 15.2 Å². The molecule has 0 aromatic heterocycles. The van der Waals surface area contributed by atoms with E-state index in [0.29, 0.717) is 34.1 Å². The number of benzene rings is 2. The predicted molar refractivity (Wildman–Crippen MR) is 91.7 cm³/mol. The molecule has 3 rings (SSSR count). The van der Waals surface area contributed by atoms with Gasteiger partial charge >= 0.3 is 0 Å². The van der Waals surface area contributed by atoms with Crippen LogP contribution in [-0.4, -0.2) is 37.4 Å². The number of rotatable bonds is 5. The molecule has 2 aromatic carbocycles. The molecule has 0 bridgehead atoms. The summed E-state index contributed by atoms with van der Waals surface area (Å²) in [4.78, 5) is 11.1. The van der Waals surface area contributed by atoms with E-state index in [0.717, 1.165) is 0 Å². The van der Waals surface area contributed by atoms with Gasteiger partial charge in [-0.05, 0) is 18.2 Å². The average Bonchev–Trinajstić information content (AvgIpc) is 2.66. The molecule has 0 fully saturated rings. The third kappa shape index (κ3) is 2.88. The van der Waals surface area contributed by atoms with E-state index < -0.39 is 23.2 Å². The molecule has 0 aliphatic carbocycles. The van der Waals surface area contributed by atoms with Crippen LogP contribution in [0.3, 0.4) is 0 Å². The summed E-state index contributed by atoms with van der Waals surface area (Å²) < 4.78 is 21.8. The standard InChI is InChI=1S/C18H19NO7/c1-23-13-8-10(9-14(24-2)18(13)25-3)17-15(19(21)22)16(20)11-6-4-5-7-12(11)26-17/h4-9,15-17,20H,1-3H3/t15?,16-,17-/m0/s1. The third-order valence-corrected chi connectivity index (χ3v) is 4.38. The van der Waals surface area contributed by atoms with Crippen molar-refractivity contribution in [3.8, 4) is 23.0 Å². The van der Waals surface area contributed by atoms with Crippen molar-refractivity contribution >= 4 is 0 Å². The molecule has 3 atom stereocenters. The van der Waals surface area contributed by atoms with Gasteiger partial charge in [-0.1, -0.05) is 18.2 Å². The number of ether oxygens (including phenoxy) is 4. The number of fused-ring (bicyclic) bond motifs is 1. The Labute approximate surface area is 150 Å². The molecule has 2 aromatic rings. The highest BCUT2D eigenvalue weighted by molar-refractivity contribution is 5.55. The molecular formula is C18H19NO7. The summed E-state index contributed by atoms with van der Waals surface area (Å²) in [6.07, 6.45) is -2.33. The number of methoxy groups -OCH3 is 3. The number of aliphatic hydroxyl groups excluding tert-OH is 1. The molecule has 0 amide bonds. The summed E-state index contributed by atoms with van der Waals surface area (Å²) in [5.41, 5.74) is 0.827. The summed E-state index contributed by atoms with van der Waals surface area (Å²) in [7, 11) is 4.38. The number of aliphatic hydroxyl groups is 1. The van der Waals surface area contributed by atoms with Crippen LogP contribution in [0.25, 0.3) is 0 Å². The van der Waals surface area contributed by atoms with Crippen molar-refractivity contribution in [2.75, 3.05) is 21.3 Å². The number of hydrogen-bond acceptors (Lipinski definition) is 7. The van der Waals surface area contributed by atoms with Crippen LogP contribution in [0.4, 0.5) is 0 Å². The fraction of sp³-hybridized carbons (Fsp3) is 0.333. The fourth-order valence-corrected chi connectivity index (χ4v) is 3.14. The monoisotopic (exact) mass is 361 g/mol. The van der Waals surface area contributed by atoms with Crippen LogP contribution in [0, 0.1) is 10.1 Å². The normalized spacial score (nSPS) is 21.3. The van der Waals surface area contributed by atoms with Gasteiger partial charge in [0.05, 0.1) is 21.3 Å². The highest BCUT2D eigenvalue weighted by Crippen LogP contribution is 2.46. The first-order valence-electron chi connectivity index (χ1n) is 7.88. The Morgan fingerprint density at radius 1 is 1.08 bits per heavy atom. The molecular weight excluding hydrogens is 342 g/mol. The van der Waals surface area contributed by atoms with Crippen molar-refractivity contribution in [1.82, 2.24) is 0 Å². The molecule has 1 unspecified atom stereocenters. The van der Waals surface area contributed by atoms with Crippen LogP contribution in [0.5, 0.6) is 23.0 Å². The third-order valence-electron chi connectivity index (χ3n) is 4.38. The number of hydrogen-bond donors (Lipinski definition) is 1. The van der Waals surface area contributed by atoms with Gasteiger partial charge in [-0.3, -0.25) is 10.1 Å². The SMILES string of the molecule is COc1cc([C@@H]2Oc3ccccc3[C@H](O)C2[N+](=O)[O-])cc(OC)c1OC. The molecule has 1 aliphatic heterocycles. The maximum atomic E-state index is 11.7. The van der Waals surface area contributed by atoms with Gasteiger partial charge in [0.15, 0.2) is 23.7 Å². The summed E-state index contributed by atoms with van der Waals surface area (Å²) >= 11 is 0. The summed E-state index contributed by atoms with van der Waals surface area (Å²) in [6, 6.07) is 8.51. The van der Waals surface area contributed by atoms with E-state index in [1.165, 1.54) is 21.3 Å². The highest BCUT2D eigenvalue weighted by atomic mass is 16.6. The van der Waals surface area contributed by atoms with Crippen LogP contribution >= 0.6 is 0 Å². The Morgan fingerprint density at radius 2 is 1.69 bits per heavy atom. The van der Waals surface area contributed by atoms with Gasteiger partial charge in [-0.15, -0.1) is 0 Å². The highest BCUT2D eigenvalue weighted by Gasteiger charge is 2.47. The maximum Gasteiger partial charge on any atom is 0.283 e. The van der Waals surface area contributed by atoms with Crippen molar-refractivity contribution < 1.29 is 29.0 Å². The summed E-state index contributed by atoms with van der Waals surface area (Å²) in [5, 5.41) is 22.2. The quantitative estimate of drug-likeness (QED) is 0.645. The summed E-state index contributed by atoms with van der Waals surface area (Å²) in [5.74, 6) is 1.46. The van der Waals surface area contributed by atoms with Crippen LogP contribution in [0.15, 0.2) is 36.4 Å². The second-order valence-corrected chi connectivity index (χ2v) is 5.76. The second-order valence-electron chi connectivity index (χ2n) is 5.76. The lowest BCUT2D eigenvalue weighted by Gasteiger charge is -2.32. The zero-order valence-electron chi connectivity index (χ0n) is 14.5. The van der Waals surface area contributed by atoms with E-state index in [-0.39, 0.29) is 0 Å². The van der Waals surface area contributed by atoms with E-state index in [2.05, 4.69) is 0 Å². The Kier molecular flexibility index (Phi) is 4.85. The Morgan fingerprint density at radius 3 is 2.23 bits per heavy atom. The first-order chi connectivity index (χ1) is 12.5. The van der Waals surface area contributed by atoms with Crippen molar-refractivity contribution in [3.63, 3.8) is 0 Å². The summed E-state index contributed by atoms with van der Waals surface area (Å²) in [6.45, 7) is 0. The predicted octanol–water partition coefficient (Wildman–Crippen LogP) is 2.52. The largest absolute Gasteiger partial charge is 0.493 e. The van der Waals surface area contributed by atoms with Gasteiger partial charge in [0.25, 0.3) is 6.04 Å². The zero-order chi connectivity index (χ0) is 18.8. The van der Waals surface area contributed by atoms with Gasteiger partial charge in [0.2, 0.25) is 5.75 Å². The molecule has 8 nitrogen and oxygen atoms in total. The fourth-order valence-electron chi connectivity index (χ4n) is 3.14. The number of nitro groups is 1. The first kappa shape index (κ1) is 17.8. The smallest absolute Gasteiger partial charge is 0.283 e. The van der Waals surface area contributed by atoms with Gasteiger partial charge in [-0.25, -0.2) is 0 Å². The lowest BCUT2D eigenvalue weighted by Crippen LogP contribution is -2.40. The average molecular weight is 361 g/mol. The lowest BCUT2D eigenvalue weighted by molar-refractivity contribution is -0.549. The molecule has 1 N–H and O–H groups in total. The lowest BCUT2D eigenvalue weighted by atomic mass is 9.90. The Hall–Kier alpha value is -3.00. The first-order valence-corrected chi connectivity index (χ1v) is 7.88. The van der Waals surface area contributed by atoms with Gasteiger partial charge in [-0.2, -0.15) is 0 Å². The molecule has 0 saturated heterocycles. The van der Waals surface area contributed by atoms with Crippen LogP contribution in [-0.2, 0) is 0 Å². The topological polar surface area (TPSA) is 100 Å². The Balaban J connectivity index is 2.14. The van der Waals surface area contributed by atoms with Crippen LogP contribution in [0.1, 0.15) is 23.3 Å². The molecule has 26 heavy (non-hydrogen) atoms. The molecule has 1 aliphatic rings. The van der Waals surface area contributed by atoms with Crippen LogP contribution in [0.2, 0.25) is 0 Å². The van der Waals surface area contributed by atoms with E-state index in [1.807, 2.05) is 0 Å². The van der Waals surface area contributed by atoms with Crippen molar-refractivity contribution in [2.45, 2.75) is 18.2 Å². The van der Waals surface area contributed by atoms with Gasteiger partial charge in [0.1, 0.15) is 5.75 Å². The molecule has 0 spiro atoms. The molecule has 138 valence electrons. The van der Waals surface area contributed by atoms with E-state index in [4.69, 9.17) is 18.9 Å². The molecule has 0 radical (unpaired) electrons. The molecule has 8 heteroatoms. The van der Waals surface area contributed by atoms with Crippen molar-refractivity contribution in [2.24, 2.45) is 0 Å². The van der Waals surface area contributed by atoms with E-state index >= 15 is 0 Å².